The maximum absolute atomic E-state index is 12.2. The lowest BCUT2D eigenvalue weighted by atomic mass is 10.2. The van der Waals surface area contributed by atoms with Crippen LogP contribution in [0.1, 0.15) is 15.2 Å². The number of carbonyl (C=O) groups is 1. The molecule has 1 amide bonds. The summed E-state index contributed by atoms with van der Waals surface area (Å²) >= 11 is 1.61. The van der Waals surface area contributed by atoms with E-state index in [1.165, 1.54) is 11.0 Å². The van der Waals surface area contributed by atoms with Gasteiger partial charge in [0.1, 0.15) is 6.33 Å². The topological polar surface area (TPSA) is 85.1 Å². The summed E-state index contributed by atoms with van der Waals surface area (Å²) in [5.74, 6) is -0.283. The Morgan fingerprint density at radius 2 is 1.85 bits per heavy atom. The van der Waals surface area contributed by atoms with Gasteiger partial charge in [-0.05, 0) is 52.4 Å². The number of nitrogens with zero attached hydrogens (tertiary/aromatic N) is 5. The van der Waals surface area contributed by atoms with Crippen molar-refractivity contribution in [1.29, 1.82) is 0 Å². The first-order valence-corrected chi connectivity index (χ1v) is 8.93. The van der Waals surface area contributed by atoms with Gasteiger partial charge in [-0.3, -0.25) is 4.79 Å². The average molecular weight is 374 g/mol. The van der Waals surface area contributed by atoms with Gasteiger partial charge in [0.2, 0.25) is 0 Å². The zero-order valence-corrected chi connectivity index (χ0v) is 14.9. The van der Waals surface area contributed by atoms with Crippen molar-refractivity contribution in [3.8, 4) is 16.1 Å². The molecular formula is C19H14N6OS. The van der Waals surface area contributed by atoms with Gasteiger partial charge in [-0.25, -0.2) is 10.1 Å². The zero-order valence-electron chi connectivity index (χ0n) is 14.1. The molecular weight excluding hydrogens is 360 g/mol. The number of tetrazole rings is 1. The van der Waals surface area contributed by atoms with Gasteiger partial charge in [0.25, 0.3) is 5.91 Å². The quantitative estimate of drug-likeness (QED) is 0.429. The second-order valence-corrected chi connectivity index (χ2v) is 6.68. The first kappa shape index (κ1) is 16.8. The van der Waals surface area contributed by atoms with Crippen molar-refractivity contribution in [1.82, 2.24) is 25.6 Å². The van der Waals surface area contributed by atoms with Crippen molar-refractivity contribution in [2.75, 3.05) is 0 Å². The number of benzene rings is 2. The molecule has 0 saturated carbocycles. The van der Waals surface area contributed by atoms with Crippen LogP contribution in [0.15, 0.2) is 78.2 Å². The molecule has 0 fully saturated rings. The zero-order chi connectivity index (χ0) is 18.5. The summed E-state index contributed by atoms with van der Waals surface area (Å²) in [4.78, 5) is 14.3. The van der Waals surface area contributed by atoms with E-state index >= 15 is 0 Å². The molecule has 2 heterocycles. The van der Waals surface area contributed by atoms with E-state index in [9.17, 15) is 4.79 Å². The molecule has 0 unspecified atom stereocenters. The fourth-order valence-corrected chi connectivity index (χ4v) is 3.33. The van der Waals surface area contributed by atoms with E-state index in [4.69, 9.17) is 0 Å². The average Bonchev–Trinajstić information content (AvgIpc) is 3.41. The van der Waals surface area contributed by atoms with Crippen molar-refractivity contribution >= 4 is 23.5 Å². The smallest absolute Gasteiger partial charge is 0.267 e. The number of rotatable bonds is 5. The summed E-state index contributed by atoms with van der Waals surface area (Å²) in [5.41, 5.74) is 4.97. The van der Waals surface area contributed by atoms with Crippen molar-refractivity contribution in [3.05, 3.63) is 83.5 Å². The number of hydrogen-bond donors (Lipinski definition) is 1. The van der Waals surface area contributed by atoms with E-state index in [1.807, 2.05) is 30.3 Å². The molecule has 4 rings (SSSR count). The highest BCUT2D eigenvalue weighted by Gasteiger charge is 2.05. The Hall–Kier alpha value is -3.65. The Morgan fingerprint density at radius 3 is 2.59 bits per heavy atom. The van der Waals surface area contributed by atoms with Crippen LogP contribution in [0, 0.1) is 0 Å². The van der Waals surface area contributed by atoms with Gasteiger partial charge in [-0.15, -0.1) is 16.4 Å². The third kappa shape index (κ3) is 3.96. The molecule has 7 nitrogen and oxygen atoms in total. The summed E-state index contributed by atoms with van der Waals surface area (Å²) in [6, 6.07) is 21.1. The first-order chi connectivity index (χ1) is 13.3. The standard InChI is InChI=1S/C19H14N6OS/c26-19(15-6-8-16(9-7-15)25-13-21-23-24-25)22-20-12-17-10-11-18(27-17)14-4-2-1-3-5-14/h1-13H,(H,22,26)/b20-12-. The highest BCUT2D eigenvalue weighted by molar-refractivity contribution is 7.17. The minimum Gasteiger partial charge on any atom is -0.267 e. The van der Waals surface area contributed by atoms with Crippen LogP contribution >= 0.6 is 11.3 Å². The minimum atomic E-state index is -0.283. The molecule has 2 aromatic heterocycles. The van der Waals surface area contributed by atoms with Crippen LogP contribution in [-0.2, 0) is 0 Å². The summed E-state index contributed by atoms with van der Waals surface area (Å²) < 4.78 is 1.51. The van der Waals surface area contributed by atoms with Crippen molar-refractivity contribution in [3.63, 3.8) is 0 Å². The van der Waals surface area contributed by atoms with E-state index in [-0.39, 0.29) is 5.91 Å². The Kier molecular flexibility index (Phi) is 4.80. The van der Waals surface area contributed by atoms with Gasteiger partial charge in [-0.2, -0.15) is 5.10 Å². The second kappa shape index (κ2) is 7.71. The molecule has 4 aromatic rings. The molecule has 0 radical (unpaired) electrons. The van der Waals surface area contributed by atoms with Crippen molar-refractivity contribution < 1.29 is 4.79 Å². The molecule has 0 saturated heterocycles. The lowest BCUT2D eigenvalue weighted by Crippen LogP contribution is -2.17. The first-order valence-electron chi connectivity index (χ1n) is 8.12. The summed E-state index contributed by atoms with van der Waals surface area (Å²) in [6.45, 7) is 0. The van der Waals surface area contributed by atoms with Crippen molar-refractivity contribution in [2.24, 2.45) is 5.10 Å². The summed E-state index contributed by atoms with van der Waals surface area (Å²) in [6.07, 6.45) is 3.13. The Labute approximate surface area is 159 Å². The summed E-state index contributed by atoms with van der Waals surface area (Å²) in [7, 11) is 0. The van der Waals surface area contributed by atoms with Gasteiger partial charge in [0, 0.05) is 15.3 Å². The lowest BCUT2D eigenvalue weighted by Gasteiger charge is -2.02. The second-order valence-electron chi connectivity index (χ2n) is 5.57. The van der Waals surface area contributed by atoms with E-state index in [0.717, 1.165) is 21.0 Å². The maximum atomic E-state index is 12.2. The fraction of sp³-hybridized carbons (Fsp3) is 0. The fourth-order valence-electron chi connectivity index (χ4n) is 2.44. The van der Waals surface area contributed by atoms with E-state index in [1.54, 1.807) is 41.8 Å². The van der Waals surface area contributed by atoms with Crippen LogP contribution in [0.5, 0.6) is 0 Å². The van der Waals surface area contributed by atoms with Crippen LogP contribution in [-0.4, -0.2) is 32.3 Å². The van der Waals surface area contributed by atoms with Crippen LogP contribution in [0.4, 0.5) is 0 Å². The van der Waals surface area contributed by atoms with Crippen LogP contribution < -0.4 is 5.43 Å². The predicted molar refractivity (Wildman–Crippen MR) is 104 cm³/mol. The number of hydrogen-bond acceptors (Lipinski definition) is 6. The minimum absolute atomic E-state index is 0.283. The molecule has 27 heavy (non-hydrogen) atoms. The highest BCUT2D eigenvalue weighted by atomic mass is 32.1. The monoisotopic (exact) mass is 374 g/mol. The van der Waals surface area contributed by atoms with E-state index in [2.05, 4.69) is 38.2 Å². The number of thiophene rings is 1. The maximum Gasteiger partial charge on any atom is 0.271 e. The van der Waals surface area contributed by atoms with Gasteiger partial charge < -0.3 is 0 Å². The predicted octanol–water partition coefficient (Wildman–Crippen LogP) is 3.15. The van der Waals surface area contributed by atoms with Gasteiger partial charge >= 0.3 is 0 Å². The molecule has 1 N–H and O–H groups in total. The van der Waals surface area contributed by atoms with Gasteiger partial charge in [0.05, 0.1) is 11.9 Å². The highest BCUT2D eigenvalue weighted by Crippen LogP contribution is 2.26. The molecule has 0 aliphatic rings. The van der Waals surface area contributed by atoms with Gasteiger partial charge in [-0.1, -0.05) is 30.3 Å². The molecule has 0 aliphatic heterocycles. The Balaban J connectivity index is 1.38. The number of nitrogens with one attached hydrogen (secondary N) is 1. The Bertz CT molecular complexity index is 1060. The van der Waals surface area contributed by atoms with E-state index in [0.29, 0.717) is 5.56 Å². The number of carbonyl (C=O) groups excluding carboxylic acids is 1. The number of amides is 1. The summed E-state index contributed by atoms with van der Waals surface area (Å²) in [5, 5.41) is 15.0. The number of hydrazone groups is 1. The SMILES string of the molecule is O=C(N/N=C\c1ccc(-c2ccccc2)s1)c1ccc(-n2cnnn2)cc1. The molecule has 8 heteroatoms. The normalized spacial score (nSPS) is 11.0. The Morgan fingerprint density at radius 1 is 1.04 bits per heavy atom. The van der Waals surface area contributed by atoms with Crippen LogP contribution in [0.3, 0.4) is 0 Å². The molecule has 132 valence electrons. The largest absolute Gasteiger partial charge is 0.271 e. The third-order valence-electron chi connectivity index (χ3n) is 3.79. The van der Waals surface area contributed by atoms with Gasteiger partial charge in [0.15, 0.2) is 0 Å². The molecule has 2 aromatic carbocycles. The van der Waals surface area contributed by atoms with Crippen molar-refractivity contribution in [2.45, 2.75) is 0 Å². The molecule has 0 spiro atoms. The third-order valence-corrected chi connectivity index (χ3v) is 4.85. The van der Waals surface area contributed by atoms with Crippen LogP contribution in [0.2, 0.25) is 0 Å². The van der Waals surface area contributed by atoms with E-state index < -0.39 is 0 Å². The lowest BCUT2D eigenvalue weighted by molar-refractivity contribution is 0.0955. The molecule has 0 atom stereocenters. The van der Waals surface area contributed by atoms with Crippen LogP contribution in [0.25, 0.3) is 16.1 Å². The molecule has 0 aliphatic carbocycles. The number of aromatic nitrogens is 4. The molecule has 0 bridgehead atoms.